The lowest BCUT2D eigenvalue weighted by atomic mass is 10.1. The van der Waals surface area contributed by atoms with Gasteiger partial charge in [-0.05, 0) is 11.6 Å². The largest absolute Gasteiger partial charge is 0.493 e. The molecule has 0 heterocycles. The molecule has 4 heteroatoms. The molecule has 0 spiro atoms. The van der Waals surface area contributed by atoms with Crippen LogP contribution in [-0.2, 0) is 6.42 Å². The molecule has 0 aliphatic heterocycles. The zero-order valence-electron chi connectivity index (χ0n) is 8.71. The normalized spacial score (nSPS) is 9.47. The predicted octanol–water partition coefficient (Wildman–Crippen LogP) is 2.82. The first-order valence-electron chi connectivity index (χ1n) is 4.47. The molecule has 0 aromatic heterocycles. The van der Waals surface area contributed by atoms with E-state index in [0.717, 1.165) is 5.56 Å². The molecule has 0 aliphatic rings. The molecular formula is C11H12ClNO2. The van der Waals surface area contributed by atoms with Gasteiger partial charge in [-0.2, -0.15) is 0 Å². The summed E-state index contributed by atoms with van der Waals surface area (Å²) in [4.78, 5) is 3.29. The number of methoxy groups -OCH3 is 2. The lowest BCUT2D eigenvalue weighted by molar-refractivity contribution is 0.354. The summed E-state index contributed by atoms with van der Waals surface area (Å²) in [5.74, 6) is 1.13. The van der Waals surface area contributed by atoms with Crippen LogP contribution >= 0.6 is 11.6 Å². The standard InChI is InChI=1S/C11H12ClNO2/c1-13-7-6-8-4-5-9(14-2)11(15-3)10(8)12/h4-5H,6-7H2,2-3H3. The van der Waals surface area contributed by atoms with Crippen molar-refractivity contribution in [3.63, 3.8) is 0 Å². The molecule has 0 fully saturated rings. The van der Waals surface area contributed by atoms with Crippen molar-refractivity contribution >= 4 is 11.6 Å². The van der Waals surface area contributed by atoms with Gasteiger partial charge >= 0.3 is 0 Å². The third-order valence-corrected chi connectivity index (χ3v) is 2.47. The van der Waals surface area contributed by atoms with E-state index < -0.39 is 0 Å². The van der Waals surface area contributed by atoms with Gasteiger partial charge in [-0.3, -0.25) is 0 Å². The Balaban J connectivity index is 3.06. The molecule has 1 aromatic carbocycles. The Hall–Kier alpha value is -1.40. The Bertz CT molecular complexity index is 385. The summed E-state index contributed by atoms with van der Waals surface area (Å²) in [7, 11) is 3.11. The van der Waals surface area contributed by atoms with E-state index in [2.05, 4.69) is 4.85 Å². The van der Waals surface area contributed by atoms with Gasteiger partial charge < -0.3 is 14.3 Å². The topological polar surface area (TPSA) is 22.8 Å². The summed E-state index contributed by atoms with van der Waals surface area (Å²) in [6.07, 6.45) is 0.628. The van der Waals surface area contributed by atoms with Crippen molar-refractivity contribution in [2.24, 2.45) is 0 Å². The molecule has 0 bridgehead atoms. The minimum atomic E-state index is 0.426. The second-order valence-electron chi connectivity index (χ2n) is 2.91. The molecule has 0 saturated heterocycles. The molecule has 80 valence electrons. The van der Waals surface area contributed by atoms with Crippen molar-refractivity contribution in [1.82, 2.24) is 0 Å². The summed E-state index contributed by atoms with van der Waals surface area (Å²) >= 11 is 6.12. The van der Waals surface area contributed by atoms with Crippen molar-refractivity contribution in [2.45, 2.75) is 6.42 Å². The second kappa shape index (κ2) is 5.47. The van der Waals surface area contributed by atoms with Crippen LogP contribution in [0.4, 0.5) is 0 Å². The van der Waals surface area contributed by atoms with Gasteiger partial charge in [0.25, 0.3) is 0 Å². The molecule has 0 amide bonds. The SMILES string of the molecule is [C-]#[N+]CCc1ccc(OC)c(OC)c1Cl. The Morgan fingerprint density at radius 3 is 2.60 bits per heavy atom. The van der Waals surface area contributed by atoms with E-state index in [0.29, 0.717) is 29.5 Å². The Morgan fingerprint density at radius 1 is 1.33 bits per heavy atom. The molecule has 1 aromatic rings. The van der Waals surface area contributed by atoms with E-state index in [-0.39, 0.29) is 0 Å². The fraction of sp³-hybridized carbons (Fsp3) is 0.364. The maximum atomic E-state index is 6.73. The van der Waals surface area contributed by atoms with E-state index in [4.69, 9.17) is 27.6 Å². The van der Waals surface area contributed by atoms with Crippen LogP contribution in [0.5, 0.6) is 11.5 Å². The Morgan fingerprint density at radius 2 is 2.07 bits per heavy atom. The van der Waals surface area contributed by atoms with Crippen LogP contribution in [0.3, 0.4) is 0 Å². The lowest BCUT2D eigenvalue weighted by Crippen LogP contribution is -1.96. The van der Waals surface area contributed by atoms with E-state index >= 15 is 0 Å². The van der Waals surface area contributed by atoms with Crippen LogP contribution < -0.4 is 9.47 Å². The van der Waals surface area contributed by atoms with Crippen molar-refractivity contribution in [1.29, 1.82) is 0 Å². The number of halogens is 1. The Kier molecular flexibility index (Phi) is 4.26. The molecule has 0 radical (unpaired) electrons. The number of hydrogen-bond acceptors (Lipinski definition) is 2. The van der Waals surface area contributed by atoms with E-state index in [1.165, 1.54) is 0 Å². The minimum absolute atomic E-state index is 0.426. The summed E-state index contributed by atoms with van der Waals surface area (Å²) in [5.41, 5.74) is 0.908. The van der Waals surface area contributed by atoms with Crippen LogP contribution in [0.25, 0.3) is 4.85 Å². The number of nitrogens with zero attached hydrogens (tertiary/aromatic N) is 1. The monoisotopic (exact) mass is 225 g/mol. The zero-order chi connectivity index (χ0) is 11.3. The van der Waals surface area contributed by atoms with E-state index in [1.54, 1.807) is 20.3 Å². The Labute approximate surface area is 94.4 Å². The average Bonchev–Trinajstić information content (AvgIpc) is 2.27. The molecule has 0 unspecified atom stereocenters. The van der Waals surface area contributed by atoms with Crippen LogP contribution in [0.2, 0.25) is 5.02 Å². The summed E-state index contributed by atoms with van der Waals surface area (Å²) in [5, 5.41) is 0.528. The first kappa shape index (κ1) is 11.7. The van der Waals surface area contributed by atoms with Crippen LogP contribution in [-0.4, -0.2) is 20.8 Å². The maximum absolute atomic E-state index is 6.73. The van der Waals surface area contributed by atoms with Crippen LogP contribution in [0.15, 0.2) is 12.1 Å². The third-order valence-electron chi connectivity index (χ3n) is 2.06. The highest BCUT2D eigenvalue weighted by Gasteiger charge is 2.13. The van der Waals surface area contributed by atoms with Gasteiger partial charge in [-0.15, -0.1) is 0 Å². The first-order chi connectivity index (χ1) is 7.24. The van der Waals surface area contributed by atoms with E-state index in [9.17, 15) is 0 Å². The summed E-state index contributed by atoms with van der Waals surface area (Å²) in [6, 6.07) is 3.65. The highest BCUT2D eigenvalue weighted by molar-refractivity contribution is 6.33. The highest BCUT2D eigenvalue weighted by atomic mass is 35.5. The van der Waals surface area contributed by atoms with Crippen molar-refractivity contribution in [3.8, 4) is 11.5 Å². The average molecular weight is 226 g/mol. The van der Waals surface area contributed by atoms with Crippen molar-refractivity contribution < 1.29 is 9.47 Å². The predicted molar refractivity (Wildman–Crippen MR) is 59.7 cm³/mol. The van der Waals surface area contributed by atoms with Gasteiger partial charge in [-0.1, -0.05) is 17.7 Å². The van der Waals surface area contributed by atoms with Crippen LogP contribution in [0, 0.1) is 6.57 Å². The van der Waals surface area contributed by atoms with Gasteiger partial charge in [0.05, 0.1) is 19.2 Å². The number of ether oxygens (including phenoxy) is 2. The maximum Gasteiger partial charge on any atom is 0.218 e. The fourth-order valence-corrected chi connectivity index (χ4v) is 1.63. The van der Waals surface area contributed by atoms with Crippen LogP contribution in [0.1, 0.15) is 5.56 Å². The van der Waals surface area contributed by atoms with Gasteiger partial charge in [0.2, 0.25) is 6.54 Å². The third kappa shape index (κ3) is 2.54. The first-order valence-corrected chi connectivity index (χ1v) is 4.85. The van der Waals surface area contributed by atoms with E-state index in [1.807, 2.05) is 6.07 Å². The molecule has 0 N–H and O–H groups in total. The minimum Gasteiger partial charge on any atom is -0.493 e. The number of hydrogen-bond donors (Lipinski definition) is 0. The van der Waals surface area contributed by atoms with Gasteiger partial charge in [0.1, 0.15) is 0 Å². The van der Waals surface area contributed by atoms with Gasteiger partial charge in [0.15, 0.2) is 11.5 Å². The van der Waals surface area contributed by atoms with Gasteiger partial charge in [-0.25, -0.2) is 6.57 Å². The number of rotatable bonds is 4. The lowest BCUT2D eigenvalue weighted by Gasteiger charge is -2.11. The number of benzene rings is 1. The van der Waals surface area contributed by atoms with Gasteiger partial charge in [0, 0.05) is 6.42 Å². The highest BCUT2D eigenvalue weighted by Crippen LogP contribution is 2.37. The second-order valence-corrected chi connectivity index (χ2v) is 3.28. The smallest absolute Gasteiger partial charge is 0.218 e. The summed E-state index contributed by atoms with van der Waals surface area (Å²) < 4.78 is 10.3. The molecule has 3 nitrogen and oxygen atoms in total. The van der Waals surface area contributed by atoms with Crippen molar-refractivity contribution in [3.05, 3.63) is 34.1 Å². The molecular weight excluding hydrogens is 214 g/mol. The molecule has 1 rings (SSSR count). The fourth-order valence-electron chi connectivity index (χ4n) is 1.30. The molecule has 0 saturated carbocycles. The molecule has 15 heavy (non-hydrogen) atoms. The quantitative estimate of drug-likeness (QED) is 0.736. The van der Waals surface area contributed by atoms with Crippen molar-refractivity contribution in [2.75, 3.05) is 20.8 Å². The molecule has 0 aliphatic carbocycles. The zero-order valence-corrected chi connectivity index (χ0v) is 9.47. The molecule has 0 atom stereocenters. The summed E-state index contributed by atoms with van der Waals surface area (Å²) in [6.45, 7) is 7.15.